The number of alkyl halides is 3. The molecule has 0 spiro atoms. The number of carbonyl (C=O) groups excluding carboxylic acids is 2. The van der Waals surface area contributed by atoms with Crippen LogP contribution in [-0.2, 0) is 49.0 Å². The van der Waals surface area contributed by atoms with Crippen LogP contribution in [0.5, 0.6) is 69.6 Å². The average Bonchev–Trinajstić information content (AvgIpc) is 1.62. The average molecular weight is 2430 g/mol. The van der Waals surface area contributed by atoms with Crippen molar-refractivity contribution in [3.8, 4) is 69.6 Å². The predicted molar refractivity (Wildman–Crippen MR) is 519 cm³/mol. The fraction of sp³-hybridized carbons (Fsp3) is 0.307. The van der Waals surface area contributed by atoms with Gasteiger partial charge in [0.1, 0.15) is 104 Å². The Hall–Kier alpha value is -6.26. The van der Waals surface area contributed by atoms with E-state index in [4.69, 9.17) is 117 Å². The minimum Gasteiger partial charge on any atom is -0.225 e. The van der Waals surface area contributed by atoms with Crippen molar-refractivity contribution in [3.63, 3.8) is 0 Å². The molecule has 1 fully saturated rings. The summed E-state index contributed by atoms with van der Waals surface area (Å²) in [6.07, 6.45) is 13.8. The maximum absolute atomic E-state index is 12.6. The molecule has 3 aromatic heterocycles. The van der Waals surface area contributed by atoms with Gasteiger partial charge in [-0.25, -0.2) is 13.8 Å². The molecule has 42 heteroatoms. The van der Waals surface area contributed by atoms with E-state index in [-0.39, 0.29) is 87.9 Å². The maximum atomic E-state index is 12.6. The van der Waals surface area contributed by atoms with Gasteiger partial charge in [-0.2, -0.15) is 19.9 Å². The second kappa shape index (κ2) is 61.1. The fourth-order valence-electron chi connectivity index (χ4n) is 9.27. The van der Waals surface area contributed by atoms with Crippen molar-refractivity contribution >= 4 is 202 Å². The van der Waals surface area contributed by atoms with Gasteiger partial charge in [-0.1, -0.05) is 50.1 Å². The van der Waals surface area contributed by atoms with Gasteiger partial charge in [0.05, 0.1) is 83.1 Å². The number of anilines is 3. The number of aromatic nitrogens is 5. The molecule has 0 unspecified atom stereocenters. The molecule has 8 bridgehead atoms. The van der Waals surface area contributed by atoms with Crippen LogP contribution in [0.2, 0.25) is 0 Å². The molecule has 648 valence electrons. The molecule has 11 rings (SSSR count). The molecule has 6 N–H and O–H groups in total. The number of rotatable bonds is 19. The quantitative estimate of drug-likeness (QED) is 0.0111. The van der Waals surface area contributed by atoms with Crippen LogP contribution in [0.15, 0.2) is 165 Å². The number of aromatic hydroxyl groups is 1. The maximum Gasteiger partial charge on any atom is 0.211 e. The third-order valence-electron chi connectivity index (χ3n) is 14.2. The molecule has 0 saturated carbocycles. The Kier molecular flexibility index (Phi) is 54.8. The van der Waals surface area contributed by atoms with E-state index in [9.17, 15) is 24.8 Å². The first-order chi connectivity index (χ1) is 56.2. The third kappa shape index (κ3) is 41.2. The molecule has 0 aliphatic carbocycles. The van der Waals surface area contributed by atoms with E-state index in [1.54, 1.807) is 130 Å². The summed E-state index contributed by atoms with van der Waals surface area (Å²) in [5.74, 6) is 5.43. The van der Waals surface area contributed by atoms with Crippen LogP contribution in [0, 0.1) is 10.1 Å². The topological polar surface area (TPSA) is 376 Å². The predicted octanol–water partition coefficient (Wildman–Crippen LogP) is 20.7. The second-order valence-corrected chi connectivity index (χ2v) is 123. The number of aliphatic hydroxyl groups is 1. The molecular weight excluding hydrogens is 2330 g/mol. The normalized spacial score (nSPS) is 12.8. The van der Waals surface area contributed by atoms with Crippen LogP contribution in [0.25, 0.3) is 11.0 Å². The number of benzene rings is 5. The largest absolute Gasteiger partial charge is 0.225 e. The number of carbonyl (C=O) groups is 2. The Balaban J connectivity index is 0.00000142. The van der Waals surface area contributed by atoms with Gasteiger partial charge in [-0.05, 0) is 127 Å². The zero-order valence-electron chi connectivity index (χ0n) is 64.0. The summed E-state index contributed by atoms with van der Waals surface area (Å²) < 4.78 is 84.3. The number of halogens is 11. The molecule has 3 aliphatic rings. The summed E-state index contributed by atoms with van der Waals surface area (Å²) in [6, 6.07) is 29.8. The Labute approximate surface area is 758 Å². The fourth-order valence-corrected chi connectivity index (χ4v) is 9.43. The van der Waals surface area contributed by atoms with Gasteiger partial charge in [0.25, 0.3) is 0 Å². The zero-order chi connectivity index (χ0) is 86.6. The first kappa shape index (κ1) is 105. The van der Waals surface area contributed by atoms with E-state index in [1.165, 1.54) is 27.1 Å². The Morgan fingerprint density at radius 1 is 0.641 bits per heavy atom. The second-order valence-electron chi connectivity index (χ2n) is 22.1. The van der Waals surface area contributed by atoms with Gasteiger partial charge < -0.3 is 88.0 Å². The number of nitrogens with zero attached hydrogens (tertiary/aromatic N) is 7. The third-order valence-corrected chi connectivity index (χ3v) is 180. The number of methoxy groups -OCH3 is 5. The van der Waals surface area contributed by atoms with Crippen LogP contribution in [0.3, 0.4) is 0 Å². The molecule has 117 heavy (non-hydrogen) atoms. The standard InChI is InChI=1S/C18H19N5O6.C18H18N4O4.C12H14O4.C11H13ClO2.C11H14O3.C4H8O.CH2Cl2.Cl2OS.I6.3H2/c1-2-27-18(24)22-11-12-6-5-7-13(10-12)28-8-3-4-9-29-17-20-15(19)14(23(25)26)16(22)21-17;1-24-12-6-11-7-13(8-12)25-4-2-3-5-26-18-20-16(19)14-9-15(23)22(10-11)17(14)21-18;1-4-5-16-11-7-9(12(13)15-3)6-10(8-11)14-2;2*1-3-4-14-11-6-9(8-12)5-10(7-11)13-2;1-2-4-5-3-1;2-1-3;1-4(2)3;1-5(2)6(3)4;;;/h3-7,10H,2,8-9,11H2,1H3,(H2,19,20,21);2-3,6-9,23H,4-5,10H2,1H3,(H2,19,20,21);4,6-8H,1,5H2,2-3H3;3,5-7H,1,4,8H2,2H3;3,5-7,12H,1,4,8H2,2H3;1-4H2;1H2;;;3*1H/b4-3+;3-2+;;;;;;;;;;. The summed E-state index contributed by atoms with van der Waals surface area (Å²) >= 11 is 25.8. The molecule has 5 aromatic carbocycles. The van der Waals surface area contributed by atoms with E-state index >= 15 is 0 Å². The summed E-state index contributed by atoms with van der Waals surface area (Å²) in [7, 11) is 14.4. The molecule has 0 atom stereocenters. The van der Waals surface area contributed by atoms with Crippen LogP contribution in [-0.4, -0.2) is 163 Å². The Morgan fingerprint density at radius 3 is 1.58 bits per heavy atom. The van der Waals surface area contributed by atoms with E-state index in [0.29, 0.717) is 108 Å². The van der Waals surface area contributed by atoms with E-state index < -0.39 is 37.7 Å². The number of aliphatic hydroxyl groups excluding tert-OH is 1. The van der Waals surface area contributed by atoms with Crippen LogP contribution in [0.1, 0.15) is 56.7 Å². The van der Waals surface area contributed by atoms with Crippen LogP contribution < -0.4 is 68.5 Å². The minimum absolute atomic E-state index is 0. The SMILES string of the molecule is C1CCOC1.C=CCOc1cc(CCl)cc(OC)c1.C=CCOc1cc(CO)cc(OC)c1.C=CCOc1cc(OC)cc(C(=O)OC)c1.CCOC(=O)N1Cc2cccc(c2)OC/C=C/COc2nc(N)c([N+](=O)[O-])c1n2.COc1cc2cc(c1)OC/C=C/COc1nc(N)c3cc(O)n(c3n1)C2.ClCCl.II(I)I(I)I.O=S(Cl)Cl.[HH].[HH].[HH]. The zero-order valence-corrected chi connectivity index (χ0v) is 81.5. The van der Waals surface area contributed by atoms with Crippen LogP contribution in [0.4, 0.5) is 27.9 Å². The number of hydrogen-bond donors (Lipinski definition) is 4. The van der Waals surface area contributed by atoms with Gasteiger partial charge in [0, 0.05) is 75.1 Å². The molecule has 30 nitrogen and oxygen atoms in total. The number of fused-ring (bicyclic) bond motifs is 7. The van der Waals surface area contributed by atoms with Crippen molar-refractivity contribution in [1.29, 1.82) is 0 Å². The number of nitrogen functional groups attached to an aromatic ring is 2. The van der Waals surface area contributed by atoms with Crippen LogP contribution >= 0.6 is 146 Å². The van der Waals surface area contributed by atoms with Crippen molar-refractivity contribution in [1.82, 2.24) is 24.5 Å². The Morgan fingerprint density at radius 2 is 1.10 bits per heavy atom. The van der Waals surface area contributed by atoms with Crippen molar-refractivity contribution in [3.05, 3.63) is 203 Å². The number of ether oxygens (including phenoxy) is 14. The smallest absolute Gasteiger partial charge is 0.211 e. The van der Waals surface area contributed by atoms with Gasteiger partial charge in [-0.3, -0.25) is 19.6 Å². The van der Waals surface area contributed by atoms with Gasteiger partial charge in [0.2, 0.25) is 20.9 Å². The minimum atomic E-state index is -1.67. The van der Waals surface area contributed by atoms with E-state index in [1.807, 2.05) is 48.6 Å². The van der Waals surface area contributed by atoms with E-state index in [2.05, 4.69) is 140 Å². The monoisotopic (exact) mass is 2420 g/mol. The number of nitro groups is 1. The molecule has 8 aromatic rings. The van der Waals surface area contributed by atoms with Gasteiger partial charge in [-0.15, -0.1) is 34.8 Å². The summed E-state index contributed by atoms with van der Waals surface area (Å²) in [5.41, 5.74) is 15.3. The molecule has 3 aliphatic heterocycles. The molecule has 1 saturated heterocycles. The summed E-state index contributed by atoms with van der Waals surface area (Å²) in [6.45, 7) is 17.0. The van der Waals surface area contributed by atoms with E-state index in [0.717, 1.165) is 46.3 Å². The number of amides is 1. The Bertz CT molecular complexity index is 4390. The summed E-state index contributed by atoms with van der Waals surface area (Å²) in [4.78, 5) is 52.3. The molecule has 6 heterocycles. The first-order valence-electron chi connectivity index (χ1n) is 34.0. The van der Waals surface area contributed by atoms with Crippen molar-refractivity contribution in [2.45, 2.75) is 45.3 Å². The molecule has 0 radical (unpaired) electrons. The summed E-state index contributed by atoms with van der Waals surface area (Å²) in [5, 5.41) is 31.7. The molecular formula is C75H94Cl5I6N9O21S. The van der Waals surface area contributed by atoms with Crippen molar-refractivity contribution < 1.29 is 99.5 Å². The first-order valence-corrected chi connectivity index (χ1v) is 69.8. The van der Waals surface area contributed by atoms with Crippen molar-refractivity contribution in [2.75, 3.05) is 123 Å². The molecule has 1 amide bonds. The van der Waals surface area contributed by atoms with Crippen molar-refractivity contribution in [2.24, 2.45) is 0 Å². The van der Waals surface area contributed by atoms with Gasteiger partial charge in [0.15, 0.2) is 11.5 Å². The number of nitrogens with two attached hydrogens (primary N) is 2. The number of hydrogen-bond acceptors (Lipinski definition) is 27. The van der Waals surface area contributed by atoms with Gasteiger partial charge >= 0.3 is 120 Å². The number of esters is 1.